The molecule has 0 bridgehead atoms. The maximum atomic E-state index is 12.4. The molecule has 0 spiro atoms. The molecule has 0 saturated heterocycles. The van der Waals surface area contributed by atoms with Crippen LogP contribution in [-0.2, 0) is 11.0 Å². The summed E-state index contributed by atoms with van der Waals surface area (Å²) < 4.78 is 37.2. The van der Waals surface area contributed by atoms with Crippen molar-refractivity contribution >= 4 is 17.8 Å². The molecule has 2 rings (SSSR count). The van der Waals surface area contributed by atoms with Crippen molar-refractivity contribution in [2.75, 3.05) is 0 Å². The first-order valence-electron chi connectivity index (χ1n) is 4.91. The molecule has 0 atom stereocenters. The number of hydrogen-bond donors (Lipinski definition) is 0. The Bertz CT molecular complexity index is 524. The Balaban J connectivity index is 2.17. The van der Waals surface area contributed by atoms with Gasteiger partial charge in [0.2, 0.25) is 0 Å². The second-order valence-corrected chi connectivity index (χ2v) is 3.42. The average Bonchev–Trinajstić information content (AvgIpc) is 2.72. The number of carbonyl (C=O) groups excluding carboxylic acids is 1. The van der Waals surface area contributed by atoms with Crippen LogP contribution in [0.4, 0.5) is 18.9 Å². The van der Waals surface area contributed by atoms with Crippen LogP contribution in [0.5, 0.6) is 0 Å². The summed E-state index contributed by atoms with van der Waals surface area (Å²) >= 11 is 0. The Morgan fingerprint density at radius 2 is 2.11 bits per heavy atom. The van der Waals surface area contributed by atoms with E-state index in [0.29, 0.717) is 0 Å². The minimum atomic E-state index is -4.44. The van der Waals surface area contributed by atoms with Crippen molar-refractivity contribution in [2.24, 2.45) is 15.4 Å². The third kappa shape index (κ3) is 2.70. The van der Waals surface area contributed by atoms with E-state index in [4.69, 9.17) is 0 Å². The normalized spacial score (nSPS) is 15.9. The topological polar surface area (TPSA) is 57.4 Å². The van der Waals surface area contributed by atoms with Gasteiger partial charge in [-0.2, -0.15) is 18.3 Å². The van der Waals surface area contributed by atoms with Crippen LogP contribution in [0.15, 0.2) is 39.7 Å². The molecule has 0 aromatic heterocycles. The lowest BCUT2D eigenvalue weighted by atomic mass is 10.2. The van der Waals surface area contributed by atoms with Gasteiger partial charge in [0.05, 0.1) is 17.7 Å². The standard InChI is InChI=1S/C10H7F3N4O/c11-10(12,13)7-2-1-3-8(6-7)15-16-17-9(18)4-5-14-17/h1-3,5-6H,4H2. The number of hydrogen-bond acceptors (Lipinski definition) is 4. The smallest absolute Gasteiger partial charge is 0.270 e. The largest absolute Gasteiger partial charge is 0.416 e. The summed E-state index contributed by atoms with van der Waals surface area (Å²) in [4.78, 5) is 11.1. The molecular weight excluding hydrogens is 249 g/mol. The number of alkyl halides is 3. The van der Waals surface area contributed by atoms with E-state index in [2.05, 4.69) is 15.4 Å². The van der Waals surface area contributed by atoms with Crippen LogP contribution in [0, 0.1) is 0 Å². The average molecular weight is 256 g/mol. The minimum absolute atomic E-state index is 0.000255. The fourth-order valence-corrected chi connectivity index (χ4v) is 1.25. The summed E-state index contributed by atoms with van der Waals surface area (Å²) in [6, 6.07) is 4.33. The van der Waals surface area contributed by atoms with Gasteiger partial charge in [-0.15, -0.1) is 5.11 Å². The van der Waals surface area contributed by atoms with Gasteiger partial charge in [-0.25, -0.2) is 0 Å². The van der Waals surface area contributed by atoms with Gasteiger partial charge in [0.15, 0.2) is 0 Å². The molecule has 0 saturated carbocycles. The molecule has 1 aliphatic rings. The number of rotatable bonds is 2. The lowest BCUT2D eigenvalue weighted by Gasteiger charge is -2.06. The summed E-state index contributed by atoms with van der Waals surface area (Å²) in [6.45, 7) is 0. The van der Waals surface area contributed by atoms with Crippen LogP contribution in [-0.4, -0.2) is 17.2 Å². The van der Waals surface area contributed by atoms with Crippen LogP contribution < -0.4 is 0 Å². The lowest BCUT2D eigenvalue weighted by molar-refractivity contribution is -0.137. The SMILES string of the molecule is O=C1CC=NN1N=Nc1cccc(C(F)(F)F)c1. The van der Waals surface area contributed by atoms with Gasteiger partial charge in [0, 0.05) is 6.21 Å². The zero-order valence-electron chi connectivity index (χ0n) is 8.92. The Morgan fingerprint density at radius 3 is 2.72 bits per heavy atom. The van der Waals surface area contributed by atoms with Crippen molar-refractivity contribution < 1.29 is 18.0 Å². The molecule has 94 valence electrons. The highest BCUT2D eigenvalue weighted by Gasteiger charge is 2.30. The first-order chi connectivity index (χ1) is 8.47. The summed E-state index contributed by atoms with van der Waals surface area (Å²) in [6.07, 6.45) is -2.98. The molecule has 0 radical (unpaired) electrons. The second-order valence-electron chi connectivity index (χ2n) is 3.42. The quantitative estimate of drug-likeness (QED) is 0.750. The van der Waals surface area contributed by atoms with Gasteiger partial charge < -0.3 is 0 Å². The zero-order chi connectivity index (χ0) is 13.2. The van der Waals surface area contributed by atoms with Crippen LogP contribution in [0.2, 0.25) is 0 Å². The Hall–Kier alpha value is -2.25. The van der Waals surface area contributed by atoms with E-state index in [1.807, 2.05) is 0 Å². The van der Waals surface area contributed by atoms with Crippen molar-refractivity contribution in [3.8, 4) is 0 Å². The Labute approximate surface area is 99.6 Å². The number of hydrazone groups is 1. The highest BCUT2D eigenvalue weighted by Crippen LogP contribution is 2.31. The number of amides is 1. The molecule has 1 aromatic carbocycles. The first kappa shape index (κ1) is 12.2. The van der Waals surface area contributed by atoms with Crippen molar-refractivity contribution in [1.29, 1.82) is 0 Å². The molecule has 5 nitrogen and oxygen atoms in total. The van der Waals surface area contributed by atoms with Crippen molar-refractivity contribution in [3.63, 3.8) is 0 Å². The van der Waals surface area contributed by atoms with E-state index in [1.165, 1.54) is 18.3 Å². The molecule has 1 aromatic rings. The summed E-state index contributed by atoms with van der Waals surface area (Å²) in [5, 5.41) is 11.3. The van der Waals surface area contributed by atoms with Gasteiger partial charge in [-0.1, -0.05) is 11.2 Å². The number of benzene rings is 1. The number of nitrogens with zero attached hydrogens (tertiary/aromatic N) is 4. The number of halogens is 3. The molecule has 1 heterocycles. The Morgan fingerprint density at radius 1 is 1.33 bits per heavy atom. The van der Waals surface area contributed by atoms with E-state index in [9.17, 15) is 18.0 Å². The molecule has 0 unspecified atom stereocenters. The van der Waals surface area contributed by atoms with Gasteiger partial charge in [-0.3, -0.25) is 4.79 Å². The van der Waals surface area contributed by atoms with Crippen LogP contribution in [0.25, 0.3) is 0 Å². The maximum absolute atomic E-state index is 12.4. The molecule has 1 aliphatic heterocycles. The van der Waals surface area contributed by atoms with Crippen molar-refractivity contribution in [1.82, 2.24) is 5.12 Å². The Kier molecular flexibility index (Phi) is 3.09. The van der Waals surface area contributed by atoms with Gasteiger partial charge in [-0.05, 0) is 23.4 Å². The molecular formula is C10H7F3N4O. The van der Waals surface area contributed by atoms with E-state index in [1.54, 1.807) is 0 Å². The lowest BCUT2D eigenvalue weighted by Crippen LogP contribution is -2.12. The molecule has 18 heavy (non-hydrogen) atoms. The van der Waals surface area contributed by atoms with Gasteiger partial charge >= 0.3 is 6.18 Å². The minimum Gasteiger partial charge on any atom is -0.270 e. The van der Waals surface area contributed by atoms with Crippen molar-refractivity contribution in [2.45, 2.75) is 12.6 Å². The van der Waals surface area contributed by atoms with Crippen LogP contribution >= 0.6 is 0 Å². The molecule has 0 aliphatic carbocycles. The highest BCUT2D eigenvalue weighted by molar-refractivity contribution is 5.93. The summed E-state index contributed by atoms with van der Waals surface area (Å²) in [7, 11) is 0. The van der Waals surface area contributed by atoms with Crippen LogP contribution in [0.1, 0.15) is 12.0 Å². The predicted molar refractivity (Wildman–Crippen MR) is 55.9 cm³/mol. The monoisotopic (exact) mass is 256 g/mol. The second kappa shape index (κ2) is 4.55. The molecule has 0 fully saturated rings. The van der Waals surface area contributed by atoms with E-state index >= 15 is 0 Å². The summed E-state index contributed by atoms with van der Waals surface area (Å²) in [5.74, 6) is -0.384. The third-order valence-corrected chi connectivity index (χ3v) is 2.10. The van der Waals surface area contributed by atoms with Crippen molar-refractivity contribution in [3.05, 3.63) is 29.8 Å². The maximum Gasteiger partial charge on any atom is 0.416 e. The predicted octanol–water partition coefficient (Wildman–Crippen LogP) is 2.92. The van der Waals surface area contributed by atoms with Crippen LogP contribution in [0.3, 0.4) is 0 Å². The van der Waals surface area contributed by atoms with E-state index in [0.717, 1.165) is 17.3 Å². The fourth-order valence-electron chi connectivity index (χ4n) is 1.25. The third-order valence-electron chi connectivity index (χ3n) is 2.10. The molecule has 1 amide bonds. The highest BCUT2D eigenvalue weighted by atomic mass is 19.4. The fraction of sp³-hybridized carbons (Fsp3) is 0.200. The van der Waals surface area contributed by atoms with E-state index in [-0.39, 0.29) is 18.0 Å². The number of carbonyl (C=O) groups is 1. The van der Waals surface area contributed by atoms with Gasteiger partial charge in [0.25, 0.3) is 5.91 Å². The molecule has 0 N–H and O–H groups in total. The zero-order valence-corrected chi connectivity index (χ0v) is 8.92. The van der Waals surface area contributed by atoms with E-state index < -0.39 is 11.7 Å². The summed E-state index contributed by atoms with van der Waals surface area (Å²) in [5.41, 5.74) is -0.824. The first-order valence-corrected chi connectivity index (χ1v) is 4.91. The molecule has 8 heteroatoms. The van der Waals surface area contributed by atoms with Gasteiger partial charge in [0.1, 0.15) is 0 Å².